The van der Waals surface area contributed by atoms with Crippen molar-refractivity contribution in [2.75, 3.05) is 56.0 Å². The Bertz CT molecular complexity index is 1110. The van der Waals surface area contributed by atoms with Crippen molar-refractivity contribution in [3.05, 3.63) is 64.0 Å². The minimum Gasteiger partial charge on any atom is -0.382 e. The first-order valence-corrected chi connectivity index (χ1v) is 12.7. The standard InChI is InChI=1S/C26H31F4N5O3.CH4/c27-19-3-6-22(7-4-19)33-16-14-32(15-17-33)11-1-2-25(36)34-12-9-20(10-13-34)31-21-5-8-24(35(37)38)23(18-21)26(28,29)30;/h3-8,18,20,31H,1-2,9-17H2;1H4. The second kappa shape index (κ2) is 13.1. The molecule has 2 saturated heterocycles. The van der Waals surface area contributed by atoms with Crippen LogP contribution >= 0.6 is 0 Å². The first-order valence-electron chi connectivity index (χ1n) is 12.7. The van der Waals surface area contributed by atoms with E-state index in [0.29, 0.717) is 32.4 Å². The number of carbonyl (C=O) groups excluding carboxylic acids is 1. The number of piperazine rings is 1. The average Bonchev–Trinajstić information content (AvgIpc) is 2.89. The van der Waals surface area contributed by atoms with E-state index in [1.165, 1.54) is 18.2 Å². The fourth-order valence-electron chi connectivity index (χ4n) is 5.01. The third-order valence-electron chi connectivity index (χ3n) is 7.15. The van der Waals surface area contributed by atoms with Crippen molar-refractivity contribution in [2.24, 2.45) is 0 Å². The summed E-state index contributed by atoms with van der Waals surface area (Å²) in [5, 5.41) is 14.0. The van der Waals surface area contributed by atoms with Gasteiger partial charge in [0.05, 0.1) is 4.92 Å². The molecule has 0 radical (unpaired) electrons. The Balaban J connectivity index is 0.00000420. The van der Waals surface area contributed by atoms with Crippen LogP contribution in [-0.2, 0) is 11.0 Å². The van der Waals surface area contributed by atoms with E-state index in [9.17, 15) is 32.5 Å². The van der Waals surface area contributed by atoms with Crippen molar-refractivity contribution in [1.82, 2.24) is 9.80 Å². The molecule has 0 aromatic heterocycles. The molecule has 12 heteroatoms. The molecule has 1 amide bonds. The van der Waals surface area contributed by atoms with Crippen molar-refractivity contribution in [2.45, 2.75) is 45.3 Å². The number of hydrogen-bond donors (Lipinski definition) is 1. The highest BCUT2D eigenvalue weighted by molar-refractivity contribution is 5.76. The summed E-state index contributed by atoms with van der Waals surface area (Å²) in [5.41, 5.74) is -1.07. The molecule has 2 aromatic rings. The van der Waals surface area contributed by atoms with Crippen LogP contribution in [0.3, 0.4) is 0 Å². The summed E-state index contributed by atoms with van der Waals surface area (Å²) in [5.74, 6) is -0.176. The highest BCUT2D eigenvalue weighted by Crippen LogP contribution is 2.38. The Kier molecular flexibility index (Phi) is 10.1. The highest BCUT2D eigenvalue weighted by atomic mass is 19.4. The fraction of sp³-hybridized carbons (Fsp3) is 0.519. The molecule has 4 rings (SSSR count). The normalized spacial score (nSPS) is 17.0. The van der Waals surface area contributed by atoms with Gasteiger partial charge in [0.25, 0.3) is 5.69 Å². The van der Waals surface area contributed by atoms with Crippen LogP contribution in [0, 0.1) is 15.9 Å². The molecule has 214 valence electrons. The third-order valence-corrected chi connectivity index (χ3v) is 7.15. The molecule has 2 aliphatic rings. The lowest BCUT2D eigenvalue weighted by molar-refractivity contribution is -0.388. The lowest BCUT2D eigenvalue weighted by Gasteiger charge is -2.36. The number of hydrogen-bond acceptors (Lipinski definition) is 6. The van der Waals surface area contributed by atoms with E-state index in [0.717, 1.165) is 57.0 Å². The van der Waals surface area contributed by atoms with Crippen LogP contribution in [0.2, 0.25) is 0 Å². The molecule has 2 aromatic carbocycles. The van der Waals surface area contributed by atoms with Gasteiger partial charge >= 0.3 is 6.18 Å². The second-order valence-electron chi connectivity index (χ2n) is 9.69. The van der Waals surface area contributed by atoms with Crippen LogP contribution in [0.25, 0.3) is 0 Å². The molecular formula is C27H35F4N5O3. The molecule has 0 unspecified atom stereocenters. The molecular weight excluding hydrogens is 518 g/mol. The largest absolute Gasteiger partial charge is 0.423 e. The monoisotopic (exact) mass is 553 g/mol. The van der Waals surface area contributed by atoms with Crippen LogP contribution in [0.5, 0.6) is 0 Å². The van der Waals surface area contributed by atoms with Gasteiger partial charge in [0, 0.05) is 69.2 Å². The summed E-state index contributed by atoms with van der Waals surface area (Å²) in [6, 6.07) is 9.30. The van der Waals surface area contributed by atoms with Crippen LogP contribution in [0.15, 0.2) is 42.5 Å². The van der Waals surface area contributed by atoms with Crippen LogP contribution in [0.4, 0.5) is 34.6 Å². The smallest absolute Gasteiger partial charge is 0.382 e. The van der Waals surface area contributed by atoms with E-state index >= 15 is 0 Å². The maximum absolute atomic E-state index is 13.2. The van der Waals surface area contributed by atoms with Gasteiger partial charge in [-0.1, -0.05) is 7.43 Å². The molecule has 0 atom stereocenters. The van der Waals surface area contributed by atoms with Crippen molar-refractivity contribution in [3.8, 4) is 0 Å². The van der Waals surface area contributed by atoms with Crippen LogP contribution < -0.4 is 10.2 Å². The summed E-state index contributed by atoms with van der Waals surface area (Å²) in [7, 11) is 0. The van der Waals surface area contributed by atoms with Crippen molar-refractivity contribution in [3.63, 3.8) is 0 Å². The van der Waals surface area contributed by atoms with Gasteiger partial charge in [-0.3, -0.25) is 19.8 Å². The van der Waals surface area contributed by atoms with E-state index < -0.39 is 22.4 Å². The van der Waals surface area contributed by atoms with Crippen molar-refractivity contribution in [1.29, 1.82) is 0 Å². The number of likely N-dealkylation sites (tertiary alicyclic amines) is 1. The summed E-state index contributed by atoms with van der Waals surface area (Å²) in [4.78, 5) is 28.9. The zero-order valence-corrected chi connectivity index (χ0v) is 20.9. The van der Waals surface area contributed by atoms with E-state index in [-0.39, 0.29) is 30.9 Å². The molecule has 8 nitrogen and oxygen atoms in total. The number of piperidine rings is 1. The number of nitrogens with one attached hydrogen (secondary N) is 1. The predicted octanol–water partition coefficient (Wildman–Crippen LogP) is 5.39. The SMILES string of the molecule is C.O=C(CCCN1CCN(c2ccc(F)cc2)CC1)N1CCC(Nc2ccc([N+](=O)[O-])c(C(F)(F)F)c2)CC1. The highest BCUT2D eigenvalue weighted by Gasteiger charge is 2.38. The number of nitro benzene ring substituents is 1. The summed E-state index contributed by atoms with van der Waals surface area (Å²) >= 11 is 0. The number of nitrogens with zero attached hydrogens (tertiary/aromatic N) is 4. The fourth-order valence-corrected chi connectivity index (χ4v) is 5.01. The van der Waals surface area contributed by atoms with E-state index in [4.69, 9.17) is 0 Å². The first kappa shape index (κ1) is 30.1. The minimum absolute atomic E-state index is 0. The van der Waals surface area contributed by atoms with Gasteiger partial charge in [-0.05, 0) is 62.2 Å². The molecule has 0 spiro atoms. The Labute approximate surface area is 225 Å². The number of nitro groups is 1. The topological polar surface area (TPSA) is 82.0 Å². The lowest BCUT2D eigenvalue weighted by Crippen LogP contribution is -2.47. The lowest BCUT2D eigenvalue weighted by atomic mass is 10.0. The maximum atomic E-state index is 13.2. The van der Waals surface area contributed by atoms with E-state index in [1.54, 1.807) is 17.0 Å². The molecule has 2 aliphatic heterocycles. The van der Waals surface area contributed by atoms with Crippen LogP contribution in [0.1, 0.15) is 38.7 Å². The molecule has 2 fully saturated rings. The molecule has 39 heavy (non-hydrogen) atoms. The summed E-state index contributed by atoms with van der Waals surface area (Å²) in [6.45, 7) is 5.28. The first-order chi connectivity index (χ1) is 18.1. The van der Waals surface area contributed by atoms with E-state index in [2.05, 4.69) is 15.1 Å². The summed E-state index contributed by atoms with van der Waals surface area (Å²) < 4.78 is 52.8. The molecule has 1 N–H and O–H groups in total. The Morgan fingerprint density at radius 1 is 1.00 bits per heavy atom. The number of alkyl halides is 3. The average molecular weight is 554 g/mol. The van der Waals surface area contributed by atoms with Gasteiger partial charge in [0.15, 0.2) is 0 Å². The van der Waals surface area contributed by atoms with Crippen molar-refractivity contribution >= 4 is 23.0 Å². The number of carbonyl (C=O) groups is 1. The Hall–Kier alpha value is -3.41. The second-order valence-corrected chi connectivity index (χ2v) is 9.69. The zero-order chi connectivity index (χ0) is 27.3. The quantitative estimate of drug-likeness (QED) is 0.268. The number of anilines is 2. The maximum Gasteiger partial charge on any atom is 0.423 e. The number of benzene rings is 2. The number of amides is 1. The number of halogens is 4. The third kappa shape index (κ3) is 8.04. The Morgan fingerprint density at radius 3 is 2.23 bits per heavy atom. The number of rotatable bonds is 8. The van der Waals surface area contributed by atoms with Gasteiger partial charge in [-0.15, -0.1) is 0 Å². The van der Waals surface area contributed by atoms with Crippen LogP contribution in [-0.4, -0.2) is 72.5 Å². The zero-order valence-electron chi connectivity index (χ0n) is 20.9. The van der Waals surface area contributed by atoms with Gasteiger partial charge < -0.3 is 15.1 Å². The molecule has 0 bridgehead atoms. The predicted molar refractivity (Wildman–Crippen MR) is 142 cm³/mol. The summed E-state index contributed by atoms with van der Waals surface area (Å²) in [6.07, 6.45) is -2.49. The van der Waals surface area contributed by atoms with Crippen molar-refractivity contribution < 1.29 is 27.3 Å². The minimum atomic E-state index is -4.83. The van der Waals surface area contributed by atoms with Gasteiger partial charge in [0.2, 0.25) is 5.91 Å². The molecule has 2 heterocycles. The Morgan fingerprint density at radius 2 is 1.64 bits per heavy atom. The molecule has 0 saturated carbocycles. The van der Waals surface area contributed by atoms with Gasteiger partial charge in [-0.25, -0.2) is 4.39 Å². The van der Waals surface area contributed by atoms with E-state index in [1.807, 2.05) is 0 Å². The van der Waals surface area contributed by atoms with Gasteiger partial charge in [-0.2, -0.15) is 13.2 Å². The van der Waals surface area contributed by atoms with Gasteiger partial charge in [0.1, 0.15) is 11.4 Å². The molecule has 0 aliphatic carbocycles.